The van der Waals surface area contributed by atoms with Crippen molar-refractivity contribution in [3.63, 3.8) is 0 Å². The molecule has 0 atom stereocenters. The Morgan fingerprint density at radius 1 is 1.33 bits per heavy atom. The number of amides is 1. The molecule has 0 saturated heterocycles. The van der Waals surface area contributed by atoms with E-state index in [1.165, 1.54) is 0 Å². The number of hydrogen-bond donors (Lipinski definition) is 0. The third-order valence-corrected chi connectivity index (χ3v) is 2.33. The fourth-order valence-electron chi connectivity index (χ4n) is 1.64. The second-order valence-electron chi connectivity index (χ2n) is 3.54. The lowest BCUT2D eigenvalue weighted by Crippen LogP contribution is -2.28. The third-order valence-electron chi connectivity index (χ3n) is 2.33. The molecule has 1 amide bonds. The molecule has 1 aromatic rings. The quantitative estimate of drug-likeness (QED) is 0.653. The zero-order valence-corrected chi connectivity index (χ0v) is 8.94. The summed E-state index contributed by atoms with van der Waals surface area (Å²) < 4.78 is 5.12. The Kier molecular flexibility index (Phi) is 2.19. The van der Waals surface area contributed by atoms with E-state index in [1.807, 2.05) is 20.2 Å². The second-order valence-corrected chi connectivity index (χ2v) is 3.54. The summed E-state index contributed by atoms with van der Waals surface area (Å²) in [6, 6.07) is 5.43. The average molecular weight is 204 g/mol. The molecule has 0 aromatic heterocycles. The lowest BCUT2D eigenvalue weighted by molar-refractivity contribution is -0.113. The Morgan fingerprint density at radius 2 is 2.07 bits per heavy atom. The third kappa shape index (κ3) is 1.48. The van der Waals surface area contributed by atoms with Gasteiger partial charge in [-0.1, -0.05) is 0 Å². The van der Waals surface area contributed by atoms with Crippen LogP contribution in [0, 0.1) is 0 Å². The van der Waals surface area contributed by atoms with E-state index in [-0.39, 0.29) is 5.91 Å². The van der Waals surface area contributed by atoms with Crippen LogP contribution < -0.4 is 15.3 Å². The van der Waals surface area contributed by atoms with Crippen molar-refractivity contribution in [2.45, 2.75) is 0 Å². The van der Waals surface area contributed by atoms with E-state index in [4.69, 9.17) is 4.74 Å². The monoisotopic (exact) mass is 204 g/mol. The molecule has 15 heavy (non-hydrogen) atoms. The van der Waals surface area contributed by atoms with Crippen molar-refractivity contribution in [3.8, 4) is 5.75 Å². The molecule has 0 bridgehead atoms. The predicted octanol–water partition coefficient (Wildman–Crippen LogP) is -0.475. The molecule has 0 unspecified atom stereocenters. The van der Waals surface area contributed by atoms with Gasteiger partial charge in [-0.25, -0.2) is 4.99 Å². The number of carbonyl (C=O) groups is 1. The van der Waals surface area contributed by atoms with Crippen LogP contribution in [0.1, 0.15) is 0 Å². The summed E-state index contributed by atoms with van der Waals surface area (Å²) in [5, 5.41) is 1.55. The Balaban J connectivity index is 2.77. The highest BCUT2D eigenvalue weighted by Gasteiger charge is 2.18. The number of hydrogen-bond acceptors (Lipinski definition) is 3. The van der Waals surface area contributed by atoms with Crippen molar-refractivity contribution in [1.29, 1.82) is 0 Å². The highest BCUT2D eigenvalue weighted by molar-refractivity contribution is 6.14. The number of rotatable bonds is 2. The molecule has 1 aliphatic heterocycles. The van der Waals surface area contributed by atoms with Crippen molar-refractivity contribution < 1.29 is 9.53 Å². The van der Waals surface area contributed by atoms with Gasteiger partial charge in [0.2, 0.25) is 0 Å². The summed E-state index contributed by atoms with van der Waals surface area (Å²) >= 11 is 0. The van der Waals surface area contributed by atoms with Gasteiger partial charge in [0, 0.05) is 19.3 Å². The summed E-state index contributed by atoms with van der Waals surface area (Å²) in [7, 11) is 5.26. The molecule has 1 aromatic carbocycles. The molecule has 4 heteroatoms. The summed E-state index contributed by atoms with van der Waals surface area (Å²) in [4.78, 5) is 17.3. The minimum Gasteiger partial charge on any atom is -0.497 e. The maximum Gasteiger partial charge on any atom is 0.294 e. The molecule has 0 N–H and O–H groups in total. The molecule has 0 fully saturated rings. The van der Waals surface area contributed by atoms with Crippen molar-refractivity contribution >= 4 is 11.6 Å². The van der Waals surface area contributed by atoms with Crippen molar-refractivity contribution in [3.05, 3.63) is 28.8 Å². The van der Waals surface area contributed by atoms with Crippen molar-refractivity contribution in [1.82, 2.24) is 4.90 Å². The fourth-order valence-corrected chi connectivity index (χ4v) is 1.64. The van der Waals surface area contributed by atoms with Gasteiger partial charge in [-0.15, -0.1) is 0 Å². The van der Waals surface area contributed by atoms with Crippen molar-refractivity contribution in [2.75, 3.05) is 21.2 Å². The van der Waals surface area contributed by atoms with Crippen LogP contribution in [-0.4, -0.2) is 32.0 Å². The molecule has 1 heterocycles. The highest BCUT2D eigenvalue weighted by Crippen LogP contribution is 2.07. The van der Waals surface area contributed by atoms with E-state index < -0.39 is 0 Å². The Labute approximate surface area is 87.5 Å². The van der Waals surface area contributed by atoms with Gasteiger partial charge in [-0.2, -0.15) is 0 Å². The second kappa shape index (κ2) is 3.38. The predicted molar refractivity (Wildman–Crippen MR) is 55.9 cm³/mol. The lowest BCUT2D eigenvalue weighted by atomic mass is 10.2. The van der Waals surface area contributed by atoms with Crippen LogP contribution in [-0.2, 0) is 4.79 Å². The molecular weight excluding hydrogens is 192 g/mol. The number of ether oxygens (including phenoxy) is 1. The van der Waals surface area contributed by atoms with Crippen LogP contribution in [0.3, 0.4) is 0 Å². The van der Waals surface area contributed by atoms with Crippen LogP contribution in [0.25, 0.3) is 5.70 Å². The molecule has 2 rings (SSSR count). The van der Waals surface area contributed by atoms with Gasteiger partial charge in [0.25, 0.3) is 5.91 Å². The first kappa shape index (κ1) is 9.71. The van der Waals surface area contributed by atoms with Gasteiger partial charge in [-0.05, 0) is 18.2 Å². The average Bonchev–Trinajstić information content (AvgIpc) is 2.52. The summed E-state index contributed by atoms with van der Waals surface area (Å²) in [5.41, 5.74) is 0.615. The molecule has 4 nitrogen and oxygen atoms in total. The Hall–Kier alpha value is -1.84. The van der Waals surface area contributed by atoms with Gasteiger partial charge in [0.1, 0.15) is 11.4 Å². The van der Waals surface area contributed by atoms with Crippen molar-refractivity contribution in [2.24, 2.45) is 4.99 Å². The van der Waals surface area contributed by atoms with E-state index in [1.54, 1.807) is 24.1 Å². The summed E-state index contributed by atoms with van der Waals surface area (Å²) in [5.74, 6) is 0.543. The molecule has 78 valence electrons. The molecule has 0 radical (unpaired) electrons. The number of likely N-dealkylation sites (N-methyl/N-ethyl adjacent to an activating group) is 1. The zero-order valence-electron chi connectivity index (χ0n) is 8.94. The molecule has 0 saturated carbocycles. The fraction of sp³-hybridized carbons (Fsp3) is 0.273. The van der Waals surface area contributed by atoms with E-state index in [2.05, 4.69) is 4.99 Å². The SMILES string of the molecule is COc1ccc2c(c1)=C(N(C)C)C(=O)N=2. The van der Waals surface area contributed by atoms with E-state index in [9.17, 15) is 4.79 Å². The molecule has 1 aliphatic rings. The number of nitrogens with zero attached hydrogens (tertiary/aromatic N) is 2. The van der Waals surface area contributed by atoms with Gasteiger partial charge >= 0.3 is 0 Å². The maximum atomic E-state index is 11.6. The summed E-state index contributed by atoms with van der Waals surface area (Å²) in [6.45, 7) is 0. The van der Waals surface area contributed by atoms with E-state index in [0.717, 1.165) is 11.0 Å². The van der Waals surface area contributed by atoms with Crippen LogP contribution in [0.5, 0.6) is 5.75 Å². The van der Waals surface area contributed by atoms with Gasteiger partial charge < -0.3 is 9.64 Å². The van der Waals surface area contributed by atoms with Gasteiger partial charge in [-0.3, -0.25) is 4.79 Å². The van der Waals surface area contributed by atoms with Crippen LogP contribution in [0.15, 0.2) is 23.2 Å². The highest BCUT2D eigenvalue weighted by atomic mass is 16.5. The first-order valence-electron chi connectivity index (χ1n) is 4.62. The smallest absolute Gasteiger partial charge is 0.294 e. The maximum absolute atomic E-state index is 11.6. The van der Waals surface area contributed by atoms with E-state index >= 15 is 0 Å². The van der Waals surface area contributed by atoms with E-state index in [0.29, 0.717) is 11.1 Å². The summed E-state index contributed by atoms with van der Waals surface area (Å²) in [6.07, 6.45) is 0. The number of fused-ring (bicyclic) bond motifs is 1. The first-order valence-corrected chi connectivity index (χ1v) is 4.62. The zero-order chi connectivity index (χ0) is 11.0. The number of benzene rings is 1. The topological polar surface area (TPSA) is 41.9 Å². The number of methoxy groups -OCH3 is 1. The van der Waals surface area contributed by atoms with Crippen LogP contribution >= 0.6 is 0 Å². The standard InChI is InChI=1S/C11H12N2O2/c1-13(2)10-8-6-7(15-3)4-5-9(8)12-11(10)14/h4-6H,1-3H3. The van der Waals surface area contributed by atoms with Crippen LogP contribution in [0.4, 0.5) is 0 Å². The molecule has 0 spiro atoms. The van der Waals surface area contributed by atoms with Gasteiger partial charge in [0.05, 0.1) is 12.5 Å². The first-order chi connectivity index (χ1) is 7.13. The minimum atomic E-state index is -0.191. The number of carbonyl (C=O) groups excluding carboxylic acids is 1. The minimum absolute atomic E-state index is 0.191. The largest absolute Gasteiger partial charge is 0.497 e. The molecule has 0 aliphatic carbocycles. The molecular formula is C11H12N2O2. The lowest BCUT2D eigenvalue weighted by Gasteiger charge is -2.10. The normalized spacial score (nSPS) is 13.5. The van der Waals surface area contributed by atoms with Gasteiger partial charge in [0.15, 0.2) is 0 Å². The Morgan fingerprint density at radius 3 is 2.67 bits per heavy atom. The van der Waals surface area contributed by atoms with Crippen LogP contribution in [0.2, 0.25) is 0 Å². The Bertz CT molecular complexity index is 532.